The van der Waals surface area contributed by atoms with Gasteiger partial charge < -0.3 is 28.1 Å². The lowest BCUT2D eigenvalue weighted by Crippen LogP contribution is -2.59. The molecule has 1 unspecified atom stereocenters. The van der Waals surface area contributed by atoms with Crippen molar-refractivity contribution in [2.75, 3.05) is 0 Å². The maximum absolute atomic E-state index is 12.7. The Morgan fingerprint density at radius 1 is 0.839 bits per heavy atom. The predicted octanol–water partition coefficient (Wildman–Crippen LogP) is 0.676. The molecule has 2 heterocycles. The van der Waals surface area contributed by atoms with E-state index in [4.69, 9.17) is 23.4 Å². The molecule has 5 atom stereocenters. The van der Waals surface area contributed by atoms with Crippen molar-refractivity contribution < 1.29 is 60.5 Å². The van der Waals surface area contributed by atoms with Crippen molar-refractivity contribution in [2.45, 2.75) is 64.6 Å². The van der Waals surface area contributed by atoms with Crippen molar-refractivity contribution in [3.05, 3.63) is 11.8 Å². The van der Waals surface area contributed by atoms with Crippen LogP contribution in [0.15, 0.2) is 4.42 Å². The zero-order valence-electron chi connectivity index (χ0n) is 16.5. The third-order valence-electron chi connectivity index (χ3n) is 3.64. The van der Waals surface area contributed by atoms with E-state index in [0.29, 0.717) is 0 Å². The fourth-order valence-electron chi connectivity index (χ4n) is 2.67. The number of alkyl halides is 3. The Hall–Kier alpha value is -3.23. The summed E-state index contributed by atoms with van der Waals surface area (Å²) in [5.74, 6) is -6.01. The fourth-order valence-corrected chi connectivity index (χ4v) is 2.67. The second kappa shape index (κ2) is 9.28. The number of nitrogens with zero attached hydrogens (tertiary/aromatic N) is 2. The molecular weight excluding hydrogens is 437 g/mol. The van der Waals surface area contributed by atoms with Crippen LogP contribution in [0.1, 0.15) is 38.7 Å². The number of rotatable bonds is 5. The molecule has 2 rings (SSSR count). The first-order valence-corrected chi connectivity index (χ1v) is 8.54. The Morgan fingerprint density at radius 3 is 1.81 bits per heavy atom. The number of ether oxygens (including phenoxy) is 5. The lowest BCUT2D eigenvalue weighted by Gasteiger charge is -2.42. The van der Waals surface area contributed by atoms with Crippen LogP contribution in [0.5, 0.6) is 0 Å². The molecule has 1 fully saturated rings. The first kappa shape index (κ1) is 24.0. The van der Waals surface area contributed by atoms with Gasteiger partial charge in [0.2, 0.25) is 24.2 Å². The number of aromatic nitrogens is 2. The van der Waals surface area contributed by atoms with Crippen molar-refractivity contribution >= 4 is 23.9 Å². The summed E-state index contributed by atoms with van der Waals surface area (Å²) in [5.41, 5.74) is 0. The smallest absolute Gasteiger partial charge is 0.455 e. The molecule has 0 aromatic carbocycles. The van der Waals surface area contributed by atoms with Gasteiger partial charge in [-0.3, -0.25) is 14.4 Å². The van der Waals surface area contributed by atoms with Gasteiger partial charge in [-0.2, -0.15) is 13.2 Å². The minimum Gasteiger partial charge on any atom is -0.455 e. The standard InChI is InChI=1S/C16H17F3N2O10/c1-5-20-21-13(26-5)11-9(27-6(2)22)10(28-7(3)23)12(29-8(4)24)14(30-11)31-15(25)16(17,18)19/h9-12,14H,1-4H3/t9-,10-,11?,12+,14+/m0/s1. The van der Waals surface area contributed by atoms with Gasteiger partial charge in [0, 0.05) is 27.7 Å². The minimum atomic E-state index is -5.43. The van der Waals surface area contributed by atoms with Crippen LogP contribution >= 0.6 is 0 Å². The van der Waals surface area contributed by atoms with Gasteiger partial charge in [-0.15, -0.1) is 10.2 Å². The average Bonchev–Trinajstić information content (AvgIpc) is 3.03. The van der Waals surface area contributed by atoms with E-state index < -0.39 is 66.7 Å². The molecule has 1 aromatic rings. The second-order valence-electron chi connectivity index (χ2n) is 6.21. The van der Waals surface area contributed by atoms with E-state index in [-0.39, 0.29) is 5.89 Å². The molecule has 31 heavy (non-hydrogen) atoms. The van der Waals surface area contributed by atoms with E-state index in [1.165, 1.54) is 6.92 Å². The maximum Gasteiger partial charge on any atom is 0.491 e. The summed E-state index contributed by atoms with van der Waals surface area (Å²) in [4.78, 5) is 46.2. The van der Waals surface area contributed by atoms with E-state index in [2.05, 4.69) is 14.9 Å². The number of carbonyl (C=O) groups is 4. The van der Waals surface area contributed by atoms with Crippen molar-refractivity contribution in [3.63, 3.8) is 0 Å². The Morgan fingerprint density at radius 2 is 1.35 bits per heavy atom. The highest BCUT2D eigenvalue weighted by Crippen LogP contribution is 2.38. The number of aryl methyl sites for hydroxylation is 1. The average molecular weight is 454 g/mol. The van der Waals surface area contributed by atoms with Crippen molar-refractivity contribution in [3.8, 4) is 0 Å². The molecule has 0 aliphatic carbocycles. The van der Waals surface area contributed by atoms with Crippen LogP contribution in [0.3, 0.4) is 0 Å². The SMILES string of the molecule is CC(=O)O[C@@H]1[C@@H](OC(C)=O)[C@@H](OC(=O)C(F)(F)F)OC(c2nnc(C)o2)[C@H]1OC(C)=O. The monoisotopic (exact) mass is 454 g/mol. The summed E-state index contributed by atoms with van der Waals surface area (Å²) < 4.78 is 68.0. The highest BCUT2D eigenvalue weighted by molar-refractivity contribution is 5.76. The molecule has 1 aliphatic heterocycles. The number of hydrogen-bond acceptors (Lipinski definition) is 12. The van der Waals surface area contributed by atoms with E-state index in [0.717, 1.165) is 20.8 Å². The van der Waals surface area contributed by atoms with Gasteiger partial charge in [-0.1, -0.05) is 0 Å². The predicted molar refractivity (Wildman–Crippen MR) is 85.5 cm³/mol. The quantitative estimate of drug-likeness (QED) is 0.454. The summed E-state index contributed by atoms with van der Waals surface area (Å²) >= 11 is 0. The number of esters is 4. The molecule has 0 amide bonds. The van der Waals surface area contributed by atoms with E-state index in [9.17, 15) is 32.3 Å². The van der Waals surface area contributed by atoms with Gasteiger partial charge in [-0.25, -0.2) is 4.79 Å². The van der Waals surface area contributed by atoms with Gasteiger partial charge in [0.15, 0.2) is 18.3 Å². The maximum atomic E-state index is 12.7. The van der Waals surface area contributed by atoms with Crippen LogP contribution in [0, 0.1) is 6.92 Å². The summed E-state index contributed by atoms with van der Waals surface area (Å²) in [6.07, 6.45) is -14.6. The molecule has 0 N–H and O–H groups in total. The molecule has 15 heteroatoms. The molecule has 0 saturated carbocycles. The lowest BCUT2D eigenvalue weighted by atomic mass is 9.97. The van der Waals surface area contributed by atoms with Gasteiger partial charge in [0.25, 0.3) is 0 Å². The van der Waals surface area contributed by atoms with Crippen molar-refractivity contribution in [1.82, 2.24) is 10.2 Å². The third-order valence-corrected chi connectivity index (χ3v) is 3.64. The topological polar surface area (TPSA) is 153 Å². The largest absolute Gasteiger partial charge is 0.491 e. The highest BCUT2D eigenvalue weighted by atomic mass is 19.4. The molecule has 1 aromatic heterocycles. The molecule has 172 valence electrons. The fraction of sp³-hybridized carbons (Fsp3) is 0.625. The first-order chi connectivity index (χ1) is 14.3. The number of carbonyl (C=O) groups excluding carboxylic acids is 4. The van der Waals surface area contributed by atoms with Crippen molar-refractivity contribution in [1.29, 1.82) is 0 Å². The summed E-state index contributed by atoms with van der Waals surface area (Å²) in [6.45, 7) is 4.19. The Balaban J connectivity index is 2.55. The van der Waals surface area contributed by atoms with E-state index in [1.54, 1.807) is 0 Å². The lowest BCUT2D eigenvalue weighted by molar-refractivity contribution is -0.309. The van der Waals surface area contributed by atoms with Crippen LogP contribution in [0.4, 0.5) is 13.2 Å². The highest BCUT2D eigenvalue weighted by Gasteiger charge is 2.57. The zero-order valence-corrected chi connectivity index (χ0v) is 16.5. The van der Waals surface area contributed by atoms with Crippen LogP contribution < -0.4 is 0 Å². The first-order valence-electron chi connectivity index (χ1n) is 8.54. The van der Waals surface area contributed by atoms with Crippen molar-refractivity contribution in [2.24, 2.45) is 0 Å². The molecular formula is C16H17F3N2O10. The Kier molecular flexibility index (Phi) is 7.20. The molecule has 0 bridgehead atoms. The summed E-state index contributed by atoms with van der Waals surface area (Å²) in [7, 11) is 0. The Labute approximate surface area is 171 Å². The van der Waals surface area contributed by atoms with E-state index >= 15 is 0 Å². The number of halogens is 3. The van der Waals surface area contributed by atoms with Crippen LogP contribution in [-0.2, 0) is 42.9 Å². The molecule has 0 spiro atoms. The van der Waals surface area contributed by atoms with E-state index in [1.807, 2.05) is 0 Å². The summed E-state index contributed by atoms with van der Waals surface area (Å²) in [6, 6.07) is 0. The van der Waals surface area contributed by atoms with Gasteiger partial charge in [0.1, 0.15) is 0 Å². The molecule has 12 nitrogen and oxygen atoms in total. The zero-order chi connectivity index (χ0) is 23.5. The third kappa shape index (κ3) is 6.13. The van der Waals surface area contributed by atoms with Crippen LogP contribution in [0.2, 0.25) is 0 Å². The Bertz CT molecular complexity index is 855. The summed E-state index contributed by atoms with van der Waals surface area (Å²) in [5, 5.41) is 7.18. The van der Waals surface area contributed by atoms with Gasteiger partial charge in [0.05, 0.1) is 0 Å². The molecule has 0 radical (unpaired) electrons. The molecule has 1 aliphatic rings. The number of hydrogen-bond donors (Lipinski definition) is 0. The normalized spacial score (nSPS) is 26.0. The van der Waals surface area contributed by atoms with Crippen LogP contribution in [-0.4, -0.2) is 64.9 Å². The second-order valence-corrected chi connectivity index (χ2v) is 6.21. The van der Waals surface area contributed by atoms with Crippen LogP contribution in [0.25, 0.3) is 0 Å². The van der Waals surface area contributed by atoms with Gasteiger partial charge >= 0.3 is 30.1 Å². The molecule has 1 saturated heterocycles. The minimum absolute atomic E-state index is 0.00940. The van der Waals surface area contributed by atoms with Gasteiger partial charge in [-0.05, 0) is 0 Å².